The molecular formula is C30H33F3N8O. The zero-order chi connectivity index (χ0) is 29.9. The second-order valence-corrected chi connectivity index (χ2v) is 11.5. The van der Waals surface area contributed by atoms with Crippen LogP contribution in [0.5, 0.6) is 0 Å². The predicted molar refractivity (Wildman–Crippen MR) is 154 cm³/mol. The number of hydrogen-bond donors (Lipinski definition) is 1. The Balaban J connectivity index is 1.26. The summed E-state index contributed by atoms with van der Waals surface area (Å²) in [5.41, 5.74) is 3.99. The number of anilines is 2. The molecule has 2 saturated heterocycles. The van der Waals surface area contributed by atoms with Gasteiger partial charge in [-0.3, -0.25) is 14.4 Å². The van der Waals surface area contributed by atoms with Crippen LogP contribution in [0.3, 0.4) is 0 Å². The molecule has 4 aromatic rings. The first-order valence-corrected chi connectivity index (χ1v) is 14.0. The number of rotatable bonds is 6. The van der Waals surface area contributed by atoms with Gasteiger partial charge >= 0.3 is 6.18 Å². The molecule has 2 fully saturated rings. The summed E-state index contributed by atoms with van der Waals surface area (Å²) in [6.45, 7) is 9.59. The van der Waals surface area contributed by atoms with Crippen molar-refractivity contribution in [3.05, 3.63) is 71.2 Å². The van der Waals surface area contributed by atoms with Crippen molar-refractivity contribution in [2.24, 2.45) is 7.05 Å². The fourth-order valence-electron chi connectivity index (χ4n) is 6.12. The van der Waals surface area contributed by atoms with Crippen molar-refractivity contribution in [3.8, 4) is 16.9 Å². The zero-order valence-corrected chi connectivity index (χ0v) is 24.1. The summed E-state index contributed by atoms with van der Waals surface area (Å²) < 4.78 is 45.1. The van der Waals surface area contributed by atoms with Crippen molar-refractivity contribution in [1.82, 2.24) is 29.7 Å². The van der Waals surface area contributed by atoms with Gasteiger partial charge < -0.3 is 10.2 Å². The number of likely N-dealkylation sites (tertiary alicyclic amines) is 1. The second kappa shape index (κ2) is 10.3. The molecule has 2 atom stereocenters. The standard InChI is InChI=1S/C30H33F3N8O/c1-17(2)39-14-25-12-24(39)15-40(25)23-10-21(30(31,32)33)9-22(11-23)35-29(42)20-7-6-18(3)28(8-20)41-16-27(36-37-41)26-13-34-38(5)19(26)4/h6-11,13,16-17,24-25H,12,14-15H2,1-5H3,(H,35,42). The minimum atomic E-state index is -4.55. The van der Waals surface area contributed by atoms with Gasteiger partial charge in [0.05, 0.1) is 23.6 Å². The van der Waals surface area contributed by atoms with Crippen LogP contribution in [-0.4, -0.2) is 66.8 Å². The Bertz CT molecular complexity index is 1660. The van der Waals surface area contributed by atoms with E-state index in [-0.39, 0.29) is 17.3 Å². The molecule has 2 bridgehead atoms. The van der Waals surface area contributed by atoms with Gasteiger partial charge in [-0.2, -0.15) is 18.3 Å². The molecule has 2 aromatic heterocycles. The van der Waals surface area contributed by atoms with E-state index < -0.39 is 17.6 Å². The van der Waals surface area contributed by atoms with Gasteiger partial charge in [0.25, 0.3) is 5.91 Å². The van der Waals surface area contributed by atoms with Crippen LogP contribution in [0.25, 0.3) is 16.9 Å². The molecule has 0 aliphatic carbocycles. The van der Waals surface area contributed by atoms with E-state index in [0.29, 0.717) is 35.7 Å². The van der Waals surface area contributed by atoms with Gasteiger partial charge in [-0.15, -0.1) is 5.10 Å². The van der Waals surface area contributed by atoms with Gasteiger partial charge in [0, 0.05) is 66.5 Å². The van der Waals surface area contributed by atoms with Crippen molar-refractivity contribution >= 4 is 17.3 Å². The van der Waals surface area contributed by atoms with Gasteiger partial charge in [-0.05, 0) is 70.0 Å². The number of amides is 1. The smallest absolute Gasteiger partial charge is 0.366 e. The van der Waals surface area contributed by atoms with E-state index in [9.17, 15) is 18.0 Å². The fourth-order valence-corrected chi connectivity index (χ4v) is 6.12. The number of hydrogen-bond acceptors (Lipinski definition) is 6. The molecule has 0 spiro atoms. The third-order valence-electron chi connectivity index (χ3n) is 8.50. The molecule has 1 N–H and O–H groups in total. The Morgan fingerprint density at radius 2 is 1.86 bits per heavy atom. The maximum absolute atomic E-state index is 13.9. The molecule has 4 heterocycles. The first-order chi connectivity index (χ1) is 19.9. The average Bonchev–Trinajstić information content (AvgIpc) is 3.73. The van der Waals surface area contributed by atoms with E-state index in [0.717, 1.165) is 35.9 Å². The maximum atomic E-state index is 13.9. The van der Waals surface area contributed by atoms with Crippen LogP contribution in [0.2, 0.25) is 0 Å². The lowest BCUT2D eigenvalue weighted by Crippen LogP contribution is -2.49. The van der Waals surface area contributed by atoms with Gasteiger partial charge in [-0.1, -0.05) is 11.3 Å². The van der Waals surface area contributed by atoms with Crippen LogP contribution < -0.4 is 10.2 Å². The number of nitrogens with zero attached hydrogens (tertiary/aromatic N) is 7. The first kappa shape index (κ1) is 28.0. The van der Waals surface area contributed by atoms with Gasteiger partial charge in [0.1, 0.15) is 5.69 Å². The Hall–Kier alpha value is -4.19. The molecule has 0 radical (unpaired) electrons. The van der Waals surface area contributed by atoms with Gasteiger partial charge in [0.2, 0.25) is 0 Å². The van der Waals surface area contributed by atoms with Crippen LogP contribution in [-0.2, 0) is 13.2 Å². The number of alkyl halides is 3. The minimum absolute atomic E-state index is 0.102. The third kappa shape index (κ3) is 5.04. The van der Waals surface area contributed by atoms with Crippen molar-refractivity contribution in [2.75, 3.05) is 23.3 Å². The Labute approximate surface area is 241 Å². The highest BCUT2D eigenvalue weighted by molar-refractivity contribution is 6.05. The molecule has 6 rings (SSSR count). The SMILES string of the molecule is Cc1ccc(C(=O)Nc2cc(N3CC4CC3CN4C(C)C)cc(C(F)(F)F)c2)cc1-n1cc(-c2cnn(C)c2C)nn1. The molecule has 0 saturated carbocycles. The molecule has 9 nitrogen and oxygen atoms in total. The second-order valence-electron chi connectivity index (χ2n) is 11.5. The van der Waals surface area contributed by atoms with Crippen molar-refractivity contribution in [3.63, 3.8) is 0 Å². The summed E-state index contributed by atoms with van der Waals surface area (Å²) in [5, 5.41) is 15.5. The monoisotopic (exact) mass is 578 g/mol. The van der Waals surface area contributed by atoms with Gasteiger partial charge in [0.15, 0.2) is 0 Å². The molecule has 2 aromatic carbocycles. The number of aromatic nitrogens is 5. The topological polar surface area (TPSA) is 84.1 Å². The normalized spacial score (nSPS) is 18.8. The number of carbonyl (C=O) groups excluding carboxylic acids is 1. The van der Waals surface area contributed by atoms with E-state index in [1.807, 2.05) is 25.8 Å². The number of piperazine rings is 1. The van der Waals surface area contributed by atoms with Crippen LogP contribution in [0, 0.1) is 13.8 Å². The number of aryl methyl sites for hydroxylation is 2. The van der Waals surface area contributed by atoms with Gasteiger partial charge in [-0.25, -0.2) is 4.68 Å². The fraction of sp³-hybridized carbons (Fsp3) is 0.400. The predicted octanol–water partition coefficient (Wildman–Crippen LogP) is 5.23. The quantitative estimate of drug-likeness (QED) is 0.338. The molecule has 2 aliphatic rings. The lowest BCUT2D eigenvalue weighted by Gasteiger charge is -2.38. The summed E-state index contributed by atoms with van der Waals surface area (Å²) in [4.78, 5) is 17.8. The summed E-state index contributed by atoms with van der Waals surface area (Å²) in [7, 11) is 1.85. The highest BCUT2D eigenvalue weighted by Gasteiger charge is 2.44. The highest BCUT2D eigenvalue weighted by atomic mass is 19.4. The molecule has 2 unspecified atom stereocenters. The number of fused-ring (bicyclic) bond motifs is 2. The summed E-state index contributed by atoms with van der Waals surface area (Å²) in [6, 6.07) is 9.75. The lowest BCUT2D eigenvalue weighted by atomic mass is 10.1. The van der Waals surface area contributed by atoms with Crippen molar-refractivity contribution in [2.45, 2.75) is 58.4 Å². The van der Waals surface area contributed by atoms with Crippen molar-refractivity contribution in [1.29, 1.82) is 0 Å². The summed E-state index contributed by atoms with van der Waals surface area (Å²) in [6.07, 6.45) is -0.145. The lowest BCUT2D eigenvalue weighted by molar-refractivity contribution is -0.137. The van der Waals surface area contributed by atoms with Crippen LogP contribution in [0.15, 0.2) is 48.8 Å². The maximum Gasteiger partial charge on any atom is 0.416 e. The van der Waals surface area contributed by atoms with E-state index >= 15 is 0 Å². The number of nitrogens with one attached hydrogen (secondary N) is 1. The van der Waals surface area contributed by atoms with E-state index in [1.165, 1.54) is 6.07 Å². The number of halogens is 3. The van der Waals surface area contributed by atoms with Crippen LogP contribution in [0.1, 0.15) is 47.4 Å². The summed E-state index contributed by atoms with van der Waals surface area (Å²) in [5.74, 6) is -0.515. The largest absolute Gasteiger partial charge is 0.416 e. The van der Waals surface area contributed by atoms with E-state index in [4.69, 9.17) is 0 Å². The average molecular weight is 579 g/mol. The zero-order valence-electron chi connectivity index (χ0n) is 24.1. The Morgan fingerprint density at radius 3 is 2.50 bits per heavy atom. The first-order valence-electron chi connectivity index (χ1n) is 14.0. The molecule has 42 heavy (non-hydrogen) atoms. The highest BCUT2D eigenvalue weighted by Crippen LogP contribution is 2.40. The van der Waals surface area contributed by atoms with E-state index in [2.05, 4.69) is 39.5 Å². The molecule has 220 valence electrons. The number of benzene rings is 2. The Morgan fingerprint density at radius 1 is 1.07 bits per heavy atom. The number of carbonyl (C=O) groups is 1. The van der Waals surface area contributed by atoms with Crippen molar-refractivity contribution < 1.29 is 18.0 Å². The Kier molecular flexibility index (Phi) is 6.83. The van der Waals surface area contributed by atoms with Crippen LogP contribution >= 0.6 is 0 Å². The molecule has 2 aliphatic heterocycles. The minimum Gasteiger partial charge on any atom is -0.366 e. The third-order valence-corrected chi connectivity index (χ3v) is 8.50. The van der Waals surface area contributed by atoms with Crippen LogP contribution in [0.4, 0.5) is 24.5 Å². The summed E-state index contributed by atoms with van der Waals surface area (Å²) >= 11 is 0. The van der Waals surface area contributed by atoms with E-state index in [1.54, 1.807) is 46.0 Å². The molecular weight excluding hydrogens is 545 g/mol. The molecule has 12 heteroatoms. The molecule has 1 amide bonds.